The van der Waals surface area contributed by atoms with Gasteiger partial charge in [-0.05, 0) is 6.42 Å². The second-order valence-electron chi connectivity index (χ2n) is 4.40. The van der Waals surface area contributed by atoms with Crippen molar-refractivity contribution in [2.24, 2.45) is 0 Å². The summed E-state index contributed by atoms with van der Waals surface area (Å²) in [6.07, 6.45) is 5.92. The van der Waals surface area contributed by atoms with Gasteiger partial charge in [0.25, 0.3) is 0 Å². The van der Waals surface area contributed by atoms with Gasteiger partial charge in [-0.15, -0.1) is 0 Å². The number of nitrogens with zero attached hydrogens (tertiary/aromatic N) is 3. The van der Waals surface area contributed by atoms with Crippen LogP contribution in [0.1, 0.15) is 35.5 Å². The summed E-state index contributed by atoms with van der Waals surface area (Å²) in [5.41, 5.74) is 6.19. The van der Waals surface area contributed by atoms with Crippen LogP contribution in [0.25, 0.3) is 0 Å². The molecule has 0 aliphatic rings. The van der Waals surface area contributed by atoms with Gasteiger partial charge in [-0.25, -0.2) is 14.8 Å². The molecule has 0 radical (unpaired) electrons. The van der Waals surface area contributed by atoms with Gasteiger partial charge in [0, 0.05) is 31.8 Å². The molecule has 2 aromatic heterocycles. The smallest absolute Gasteiger partial charge is 0.360 e. The number of aromatic nitrogens is 4. The Bertz CT molecular complexity index is 574. The largest absolute Gasteiger partial charge is 0.464 e. The summed E-state index contributed by atoms with van der Waals surface area (Å²) in [5.74, 6) is 1.60. The number of esters is 1. The first-order valence-electron chi connectivity index (χ1n) is 6.58. The lowest BCUT2D eigenvalue weighted by atomic mass is 10.3. The second kappa shape index (κ2) is 6.23. The van der Waals surface area contributed by atoms with Gasteiger partial charge in [-0.3, -0.25) is 0 Å². The Hall–Kier alpha value is -2.31. The SMILES string of the molecule is CCc1nc(C(=O)OC)c(N)n1CCCc1ncc[nH]1. The normalized spacial score (nSPS) is 10.7. The Morgan fingerprint density at radius 3 is 2.95 bits per heavy atom. The molecule has 7 nitrogen and oxygen atoms in total. The monoisotopic (exact) mass is 277 g/mol. The maximum absolute atomic E-state index is 11.6. The van der Waals surface area contributed by atoms with E-state index in [9.17, 15) is 4.79 Å². The standard InChI is InChI=1S/C13H19N5O2/c1-3-10-17-11(13(19)20-2)12(14)18(10)8-4-5-9-15-6-7-16-9/h6-7H,3-5,8,14H2,1-2H3,(H,15,16). The van der Waals surface area contributed by atoms with Gasteiger partial charge in [-0.1, -0.05) is 6.92 Å². The van der Waals surface area contributed by atoms with Crippen LogP contribution in [-0.4, -0.2) is 32.6 Å². The summed E-state index contributed by atoms with van der Waals surface area (Å²) in [7, 11) is 1.32. The fourth-order valence-corrected chi connectivity index (χ4v) is 2.12. The van der Waals surface area contributed by atoms with Gasteiger partial charge in [0.1, 0.15) is 17.5 Å². The molecule has 0 unspecified atom stereocenters. The average Bonchev–Trinajstić information content (AvgIpc) is 3.07. The fraction of sp³-hybridized carbons (Fsp3) is 0.462. The minimum atomic E-state index is -0.498. The van der Waals surface area contributed by atoms with Gasteiger partial charge in [-0.2, -0.15) is 0 Å². The van der Waals surface area contributed by atoms with Crippen molar-refractivity contribution in [1.29, 1.82) is 0 Å². The molecule has 2 rings (SSSR count). The first-order chi connectivity index (χ1) is 9.67. The number of ether oxygens (including phenoxy) is 1. The molecule has 0 spiro atoms. The maximum atomic E-state index is 11.6. The Balaban J connectivity index is 2.09. The number of anilines is 1. The van der Waals surface area contributed by atoms with Crippen molar-refractivity contribution in [3.8, 4) is 0 Å². The first-order valence-corrected chi connectivity index (χ1v) is 6.58. The number of nitrogens with two attached hydrogens (primary N) is 1. The van der Waals surface area contributed by atoms with Crippen molar-refractivity contribution in [1.82, 2.24) is 19.5 Å². The van der Waals surface area contributed by atoms with Gasteiger partial charge in [0.15, 0.2) is 5.69 Å². The lowest BCUT2D eigenvalue weighted by Crippen LogP contribution is -2.10. The number of methoxy groups -OCH3 is 1. The molecule has 0 bridgehead atoms. The molecule has 0 fully saturated rings. The fourth-order valence-electron chi connectivity index (χ4n) is 2.12. The summed E-state index contributed by atoms with van der Waals surface area (Å²) < 4.78 is 6.55. The number of carbonyl (C=O) groups is 1. The minimum absolute atomic E-state index is 0.197. The number of hydrogen-bond donors (Lipinski definition) is 2. The van der Waals surface area contributed by atoms with E-state index in [1.807, 2.05) is 11.5 Å². The Kier molecular flexibility index (Phi) is 4.39. The molecule has 0 aliphatic carbocycles. The highest BCUT2D eigenvalue weighted by molar-refractivity contribution is 5.92. The first kappa shape index (κ1) is 14.1. The highest BCUT2D eigenvalue weighted by atomic mass is 16.5. The van der Waals surface area contributed by atoms with Crippen LogP contribution in [0.2, 0.25) is 0 Å². The highest BCUT2D eigenvalue weighted by Crippen LogP contribution is 2.17. The Labute approximate surface area is 117 Å². The summed E-state index contributed by atoms with van der Waals surface area (Å²) in [6.45, 7) is 2.67. The zero-order valence-electron chi connectivity index (χ0n) is 11.7. The van der Waals surface area contributed by atoms with Gasteiger partial charge in [0.2, 0.25) is 0 Å². The van der Waals surface area contributed by atoms with Gasteiger partial charge >= 0.3 is 5.97 Å². The lowest BCUT2D eigenvalue weighted by Gasteiger charge is -2.08. The highest BCUT2D eigenvalue weighted by Gasteiger charge is 2.19. The van der Waals surface area contributed by atoms with E-state index in [0.29, 0.717) is 18.8 Å². The molecule has 0 aromatic carbocycles. The molecular weight excluding hydrogens is 258 g/mol. The van der Waals surface area contributed by atoms with Crippen LogP contribution in [0.15, 0.2) is 12.4 Å². The molecule has 108 valence electrons. The van der Waals surface area contributed by atoms with Crippen molar-refractivity contribution in [2.75, 3.05) is 12.8 Å². The third-order valence-corrected chi connectivity index (χ3v) is 3.13. The predicted molar refractivity (Wildman–Crippen MR) is 74.3 cm³/mol. The van der Waals surface area contributed by atoms with Crippen molar-refractivity contribution in [2.45, 2.75) is 32.7 Å². The third kappa shape index (κ3) is 2.81. The van der Waals surface area contributed by atoms with E-state index in [1.54, 1.807) is 12.4 Å². The van der Waals surface area contributed by atoms with Crippen LogP contribution in [0.3, 0.4) is 0 Å². The van der Waals surface area contributed by atoms with Crippen molar-refractivity contribution in [3.63, 3.8) is 0 Å². The number of aromatic amines is 1. The third-order valence-electron chi connectivity index (χ3n) is 3.13. The van der Waals surface area contributed by atoms with Gasteiger partial charge < -0.3 is 20.0 Å². The van der Waals surface area contributed by atoms with E-state index in [1.165, 1.54) is 7.11 Å². The minimum Gasteiger partial charge on any atom is -0.464 e. The van der Waals surface area contributed by atoms with Crippen LogP contribution in [0.4, 0.5) is 5.82 Å². The second-order valence-corrected chi connectivity index (χ2v) is 4.40. The van der Waals surface area contributed by atoms with Crippen LogP contribution in [0, 0.1) is 0 Å². The molecule has 0 saturated heterocycles. The molecule has 0 amide bonds. The molecule has 2 heterocycles. The quantitative estimate of drug-likeness (QED) is 0.772. The van der Waals surface area contributed by atoms with E-state index in [0.717, 1.165) is 24.5 Å². The van der Waals surface area contributed by atoms with Crippen molar-refractivity contribution in [3.05, 3.63) is 29.7 Å². The van der Waals surface area contributed by atoms with Crippen molar-refractivity contribution >= 4 is 11.8 Å². The number of H-pyrrole nitrogens is 1. The van der Waals surface area contributed by atoms with Crippen LogP contribution >= 0.6 is 0 Å². The zero-order valence-corrected chi connectivity index (χ0v) is 11.7. The van der Waals surface area contributed by atoms with Crippen LogP contribution in [0.5, 0.6) is 0 Å². The number of nitrogens with one attached hydrogen (secondary N) is 1. The van der Waals surface area contributed by atoms with E-state index >= 15 is 0 Å². The molecule has 0 atom stereocenters. The van der Waals surface area contributed by atoms with E-state index in [-0.39, 0.29) is 5.69 Å². The number of imidazole rings is 2. The number of aryl methyl sites for hydroxylation is 2. The summed E-state index contributed by atoms with van der Waals surface area (Å²) >= 11 is 0. The number of rotatable bonds is 6. The molecule has 0 saturated carbocycles. The zero-order chi connectivity index (χ0) is 14.5. The number of nitrogen functional groups attached to an aromatic ring is 1. The summed E-state index contributed by atoms with van der Waals surface area (Å²) in [6, 6.07) is 0. The predicted octanol–water partition coefficient (Wildman–Crippen LogP) is 1.17. The summed E-state index contributed by atoms with van der Waals surface area (Å²) in [5, 5.41) is 0. The topological polar surface area (TPSA) is 98.8 Å². The van der Waals surface area contributed by atoms with Crippen LogP contribution < -0.4 is 5.73 Å². The average molecular weight is 277 g/mol. The van der Waals surface area contributed by atoms with E-state index < -0.39 is 5.97 Å². The number of carbonyl (C=O) groups excluding carboxylic acids is 1. The maximum Gasteiger partial charge on any atom is 0.360 e. The molecule has 20 heavy (non-hydrogen) atoms. The van der Waals surface area contributed by atoms with E-state index in [4.69, 9.17) is 5.73 Å². The molecule has 0 aliphatic heterocycles. The molecule has 7 heteroatoms. The van der Waals surface area contributed by atoms with Crippen molar-refractivity contribution < 1.29 is 9.53 Å². The molecule has 2 aromatic rings. The van der Waals surface area contributed by atoms with Crippen LogP contribution in [-0.2, 0) is 24.1 Å². The lowest BCUT2D eigenvalue weighted by molar-refractivity contribution is 0.0595. The molecular formula is C13H19N5O2. The van der Waals surface area contributed by atoms with Gasteiger partial charge in [0.05, 0.1) is 7.11 Å². The molecule has 3 N–H and O–H groups in total. The Morgan fingerprint density at radius 1 is 1.55 bits per heavy atom. The van der Waals surface area contributed by atoms with E-state index in [2.05, 4.69) is 19.7 Å². The summed E-state index contributed by atoms with van der Waals surface area (Å²) in [4.78, 5) is 23.1. The Morgan fingerprint density at radius 2 is 2.35 bits per heavy atom. The number of hydrogen-bond acceptors (Lipinski definition) is 5.